The molecule has 0 spiro atoms. The summed E-state index contributed by atoms with van der Waals surface area (Å²) < 4.78 is 13.7. The molecule has 0 aromatic heterocycles. The summed E-state index contributed by atoms with van der Waals surface area (Å²) in [6.45, 7) is 0.696. The zero-order chi connectivity index (χ0) is 11.4. The third-order valence-electron chi connectivity index (χ3n) is 2.26. The standard InChI is InChI=1S/C13H11BrFN.ClH/c14-12-7-6-11(8-13(12)15)16-9-10-4-2-1-3-5-10;/h1-8,16H,9H2;1H. The lowest BCUT2D eigenvalue weighted by atomic mass is 10.2. The van der Waals surface area contributed by atoms with Crippen LogP contribution in [0.25, 0.3) is 0 Å². The third-order valence-corrected chi connectivity index (χ3v) is 2.90. The van der Waals surface area contributed by atoms with Crippen LogP contribution in [0.4, 0.5) is 10.1 Å². The molecule has 0 saturated heterocycles. The van der Waals surface area contributed by atoms with Gasteiger partial charge >= 0.3 is 0 Å². The molecule has 0 aliphatic carbocycles. The second-order valence-electron chi connectivity index (χ2n) is 3.47. The van der Waals surface area contributed by atoms with Crippen LogP contribution in [-0.2, 0) is 6.54 Å². The molecule has 0 radical (unpaired) electrons. The van der Waals surface area contributed by atoms with Crippen LogP contribution in [0.5, 0.6) is 0 Å². The minimum Gasteiger partial charge on any atom is -0.381 e. The molecule has 0 bridgehead atoms. The number of anilines is 1. The first-order chi connectivity index (χ1) is 7.75. The maximum Gasteiger partial charge on any atom is 0.139 e. The lowest BCUT2D eigenvalue weighted by Gasteiger charge is -2.06. The van der Waals surface area contributed by atoms with Crippen molar-refractivity contribution in [3.8, 4) is 0 Å². The number of rotatable bonds is 3. The molecular weight excluding hydrogens is 305 g/mol. The minimum atomic E-state index is -0.252. The predicted octanol–water partition coefficient (Wildman–Crippen LogP) is 4.62. The molecule has 0 unspecified atom stereocenters. The van der Waals surface area contributed by atoms with Crippen LogP contribution in [0, 0.1) is 5.82 Å². The van der Waals surface area contributed by atoms with Crippen molar-refractivity contribution in [2.75, 3.05) is 5.32 Å². The van der Waals surface area contributed by atoms with E-state index in [0.29, 0.717) is 11.0 Å². The van der Waals surface area contributed by atoms with Crippen molar-refractivity contribution < 1.29 is 4.39 Å². The van der Waals surface area contributed by atoms with Crippen LogP contribution < -0.4 is 5.32 Å². The molecule has 17 heavy (non-hydrogen) atoms. The van der Waals surface area contributed by atoms with Crippen molar-refractivity contribution in [3.05, 3.63) is 64.4 Å². The molecule has 0 saturated carbocycles. The van der Waals surface area contributed by atoms with Gasteiger partial charge in [0.25, 0.3) is 0 Å². The van der Waals surface area contributed by atoms with Crippen LogP contribution in [0.3, 0.4) is 0 Å². The van der Waals surface area contributed by atoms with Gasteiger partial charge in [-0.15, -0.1) is 12.4 Å². The SMILES string of the molecule is Cl.Fc1cc(NCc2ccccc2)ccc1Br. The molecule has 1 nitrogen and oxygen atoms in total. The van der Waals surface area contributed by atoms with E-state index >= 15 is 0 Å². The van der Waals surface area contributed by atoms with Crippen molar-refractivity contribution in [1.82, 2.24) is 0 Å². The Balaban J connectivity index is 0.00000144. The van der Waals surface area contributed by atoms with E-state index in [2.05, 4.69) is 21.2 Å². The summed E-state index contributed by atoms with van der Waals surface area (Å²) in [6, 6.07) is 15.0. The Labute approximate surface area is 115 Å². The summed E-state index contributed by atoms with van der Waals surface area (Å²) in [6.07, 6.45) is 0. The van der Waals surface area contributed by atoms with Gasteiger partial charge in [-0.05, 0) is 39.7 Å². The van der Waals surface area contributed by atoms with Crippen molar-refractivity contribution in [1.29, 1.82) is 0 Å². The third kappa shape index (κ3) is 4.02. The molecule has 4 heteroatoms. The van der Waals surface area contributed by atoms with Crippen LogP contribution in [-0.4, -0.2) is 0 Å². The number of hydrogen-bond donors (Lipinski definition) is 1. The van der Waals surface area contributed by atoms with Crippen LogP contribution in [0.15, 0.2) is 53.0 Å². The molecule has 0 fully saturated rings. The Kier molecular flexibility index (Phi) is 5.45. The van der Waals surface area contributed by atoms with E-state index in [0.717, 1.165) is 5.69 Å². The summed E-state index contributed by atoms with van der Waals surface area (Å²) in [5.41, 5.74) is 1.95. The van der Waals surface area contributed by atoms with Gasteiger partial charge in [0.15, 0.2) is 0 Å². The van der Waals surface area contributed by atoms with Gasteiger partial charge in [0.05, 0.1) is 4.47 Å². The second kappa shape index (κ2) is 6.62. The summed E-state index contributed by atoms with van der Waals surface area (Å²) in [5.74, 6) is -0.252. The predicted molar refractivity (Wildman–Crippen MR) is 75.1 cm³/mol. The van der Waals surface area contributed by atoms with Gasteiger partial charge in [-0.1, -0.05) is 30.3 Å². The van der Waals surface area contributed by atoms with E-state index in [1.165, 1.54) is 11.6 Å². The van der Waals surface area contributed by atoms with Crippen molar-refractivity contribution in [2.45, 2.75) is 6.54 Å². The zero-order valence-corrected chi connectivity index (χ0v) is 11.4. The highest BCUT2D eigenvalue weighted by Gasteiger charge is 1.99. The quantitative estimate of drug-likeness (QED) is 0.871. The van der Waals surface area contributed by atoms with E-state index in [4.69, 9.17) is 0 Å². The van der Waals surface area contributed by atoms with Crippen molar-refractivity contribution >= 4 is 34.0 Å². The zero-order valence-electron chi connectivity index (χ0n) is 8.99. The first-order valence-electron chi connectivity index (χ1n) is 4.98. The van der Waals surface area contributed by atoms with E-state index in [1.807, 2.05) is 36.4 Å². The first-order valence-corrected chi connectivity index (χ1v) is 5.78. The molecule has 90 valence electrons. The maximum atomic E-state index is 13.2. The maximum absolute atomic E-state index is 13.2. The van der Waals surface area contributed by atoms with Gasteiger partial charge in [0.2, 0.25) is 0 Å². The minimum absolute atomic E-state index is 0. The molecule has 1 N–H and O–H groups in total. The van der Waals surface area contributed by atoms with Gasteiger partial charge in [-0.25, -0.2) is 4.39 Å². The van der Waals surface area contributed by atoms with Gasteiger partial charge < -0.3 is 5.32 Å². The van der Waals surface area contributed by atoms with Crippen LogP contribution in [0.2, 0.25) is 0 Å². The summed E-state index contributed by atoms with van der Waals surface area (Å²) in [5, 5.41) is 3.17. The van der Waals surface area contributed by atoms with Crippen molar-refractivity contribution in [3.63, 3.8) is 0 Å². The highest BCUT2D eigenvalue weighted by atomic mass is 79.9. The highest BCUT2D eigenvalue weighted by molar-refractivity contribution is 9.10. The first kappa shape index (κ1) is 14.0. The monoisotopic (exact) mass is 315 g/mol. The second-order valence-corrected chi connectivity index (χ2v) is 4.32. The number of benzene rings is 2. The highest BCUT2D eigenvalue weighted by Crippen LogP contribution is 2.19. The average molecular weight is 317 g/mol. The fraction of sp³-hybridized carbons (Fsp3) is 0.0769. The summed E-state index contributed by atoms with van der Waals surface area (Å²) >= 11 is 3.12. The Morgan fingerprint density at radius 3 is 2.41 bits per heavy atom. The Morgan fingerprint density at radius 2 is 1.76 bits per heavy atom. The largest absolute Gasteiger partial charge is 0.381 e. The summed E-state index contributed by atoms with van der Waals surface area (Å²) in [4.78, 5) is 0. The normalized spacial score (nSPS) is 9.53. The summed E-state index contributed by atoms with van der Waals surface area (Å²) in [7, 11) is 0. The number of hydrogen-bond acceptors (Lipinski definition) is 1. The van der Waals surface area contributed by atoms with Crippen LogP contribution in [0.1, 0.15) is 5.56 Å². The molecule has 0 atom stereocenters. The molecule has 0 aliphatic heterocycles. The molecule has 2 rings (SSSR count). The lowest BCUT2D eigenvalue weighted by molar-refractivity contribution is 0.621. The van der Waals surface area contributed by atoms with E-state index in [1.54, 1.807) is 6.07 Å². The Bertz CT molecular complexity index is 476. The lowest BCUT2D eigenvalue weighted by Crippen LogP contribution is -1.99. The van der Waals surface area contributed by atoms with Crippen LogP contribution >= 0.6 is 28.3 Å². The average Bonchev–Trinajstić information content (AvgIpc) is 2.32. The smallest absolute Gasteiger partial charge is 0.139 e. The van der Waals surface area contributed by atoms with E-state index in [-0.39, 0.29) is 18.2 Å². The Morgan fingerprint density at radius 1 is 1.06 bits per heavy atom. The van der Waals surface area contributed by atoms with Gasteiger partial charge in [-0.3, -0.25) is 0 Å². The van der Waals surface area contributed by atoms with Gasteiger partial charge in [0, 0.05) is 12.2 Å². The van der Waals surface area contributed by atoms with Gasteiger partial charge in [0.1, 0.15) is 5.82 Å². The molecule has 0 amide bonds. The molecule has 2 aromatic rings. The topological polar surface area (TPSA) is 12.0 Å². The van der Waals surface area contributed by atoms with Gasteiger partial charge in [-0.2, -0.15) is 0 Å². The molecule has 2 aromatic carbocycles. The molecule has 0 aliphatic rings. The van der Waals surface area contributed by atoms with E-state index in [9.17, 15) is 4.39 Å². The van der Waals surface area contributed by atoms with E-state index < -0.39 is 0 Å². The number of nitrogens with one attached hydrogen (secondary N) is 1. The number of halogens is 3. The molecular formula is C13H12BrClFN. The molecule has 0 heterocycles. The van der Waals surface area contributed by atoms with Crippen molar-refractivity contribution in [2.24, 2.45) is 0 Å². The Hall–Kier alpha value is -1.06. The fourth-order valence-electron chi connectivity index (χ4n) is 1.41. The fourth-order valence-corrected chi connectivity index (χ4v) is 1.65.